The van der Waals surface area contributed by atoms with Gasteiger partial charge in [0.15, 0.2) is 5.78 Å². The molecule has 116 heavy (non-hydrogen) atoms. The Morgan fingerprint density at radius 3 is 1.98 bits per heavy atom. The van der Waals surface area contributed by atoms with Crippen LogP contribution in [0.1, 0.15) is 189 Å². The van der Waals surface area contributed by atoms with Crippen LogP contribution in [0, 0.1) is 29.6 Å². The first-order valence-corrected chi connectivity index (χ1v) is 43.0. The van der Waals surface area contributed by atoms with Gasteiger partial charge in [-0.25, -0.2) is 24.0 Å². The summed E-state index contributed by atoms with van der Waals surface area (Å²) in [5.41, 5.74) is 1.79. The molecule has 9 amide bonds. The van der Waals surface area contributed by atoms with E-state index in [4.69, 9.17) is 23.3 Å². The molecule has 644 valence electrons. The van der Waals surface area contributed by atoms with Crippen molar-refractivity contribution in [3.63, 3.8) is 0 Å². The van der Waals surface area contributed by atoms with Gasteiger partial charge in [-0.15, -0.1) is 0 Å². The number of likely N-dealkylation sites (tertiary alicyclic amines) is 1. The number of aromatic nitrogens is 1. The molecule has 0 spiro atoms. The van der Waals surface area contributed by atoms with E-state index in [9.17, 15) is 92.7 Å². The van der Waals surface area contributed by atoms with E-state index in [-0.39, 0.29) is 112 Å². The minimum absolute atomic E-state index is 0.0149. The van der Waals surface area contributed by atoms with Crippen LogP contribution >= 0.6 is 32.9 Å². The summed E-state index contributed by atoms with van der Waals surface area (Å²) < 4.78 is 17.5. The molecule has 0 radical (unpaired) electrons. The molecule has 2 aromatic carbocycles. The topological polar surface area (TPSA) is 521 Å². The van der Waals surface area contributed by atoms with Gasteiger partial charge in [-0.3, -0.25) is 28.8 Å². The van der Waals surface area contributed by atoms with E-state index >= 15 is 4.79 Å². The molecule has 1 aromatic heterocycles. The Balaban J connectivity index is 1.28. The number of nitrogens with one attached hydrogen (secondary N) is 8. The number of benzene rings is 2. The van der Waals surface area contributed by atoms with Crippen LogP contribution in [0.5, 0.6) is 5.75 Å². The van der Waals surface area contributed by atoms with Crippen LogP contribution in [0.3, 0.4) is 0 Å². The van der Waals surface area contributed by atoms with Crippen LogP contribution in [0.2, 0.25) is 0 Å². The van der Waals surface area contributed by atoms with Crippen LogP contribution in [0.4, 0.5) is 14.4 Å². The number of unbranched alkanes of at least 4 members (excludes halogenated alkanes) is 2. The molecule has 4 rings (SSSR count). The third-order valence-corrected chi connectivity index (χ3v) is 23.2. The number of ether oxygens (including phenoxy) is 2. The number of urea groups is 2. The van der Waals surface area contributed by atoms with Crippen molar-refractivity contribution in [2.75, 3.05) is 58.3 Å². The number of piperidine rings is 1. The van der Waals surface area contributed by atoms with Gasteiger partial charge in [-0.1, -0.05) is 45.9 Å². The number of nitrogens with zero attached hydrogens (tertiary/aromatic N) is 3. The number of carboxylic acids is 5. The van der Waals surface area contributed by atoms with Crippen molar-refractivity contribution < 1.29 is 116 Å². The normalized spacial score (nSPS) is 15.4. The number of alkyl carbamates (subject to hydrolysis) is 1. The third kappa shape index (κ3) is 37.5. The molecule has 12 atom stereocenters. The quantitative estimate of drug-likeness (QED) is 0.0134. The summed E-state index contributed by atoms with van der Waals surface area (Å²) in [4.78, 5) is 202. The Bertz CT molecular complexity index is 3730. The Labute approximate surface area is 695 Å². The van der Waals surface area contributed by atoms with E-state index < -0.39 is 169 Å². The second-order valence-electron chi connectivity index (χ2n) is 29.0. The number of aliphatic carboxylic acids is 5. The average molecular weight is 1750 g/mol. The first-order chi connectivity index (χ1) is 55.1. The number of hydrogen-bond acceptors (Lipinski definition) is 24. The first kappa shape index (κ1) is 99.4. The number of carboxylic acid groups (broad SMARTS) is 5. The zero-order valence-electron chi connectivity index (χ0n) is 66.6. The van der Waals surface area contributed by atoms with Gasteiger partial charge in [0.25, 0.3) is 0 Å². The molecule has 1 aliphatic heterocycles. The van der Waals surface area contributed by atoms with Crippen molar-refractivity contribution in [3.05, 3.63) is 81.3 Å². The molecular formula is C77H114AsN11O24S3. The maximum absolute atomic E-state index is 15.0. The molecule has 3 aromatic rings. The van der Waals surface area contributed by atoms with Crippen LogP contribution in [0.15, 0.2) is 53.9 Å². The maximum atomic E-state index is 15.0. The van der Waals surface area contributed by atoms with E-state index in [2.05, 4.69) is 54.4 Å². The van der Waals surface area contributed by atoms with Crippen molar-refractivity contribution in [2.24, 2.45) is 29.6 Å². The van der Waals surface area contributed by atoms with Crippen LogP contribution in [0.25, 0.3) is 0 Å². The molecule has 35 nitrogen and oxygen atoms in total. The van der Waals surface area contributed by atoms with Gasteiger partial charge in [-0.2, -0.15) is 0 Å². The van der Waals surface area contributed by atoms with Gasteiger partial charge < -0.3 is 72.6 Å². The van der Waals surface area contributed by atoms with Crippen LogP contribution < -0.4 is 42.5 Å². The summed E-state index contributed by atoms with van der Waals surface area (Å²) in [6.45, 7) is 12.8. The number of thiazole rings is 1. The molecule has 1 saturated heterocycles. The minimum atomic E-state index is -1.75. The van der Waals surface area contributed by atoms with Crippen LogP contribution in [-0.2, 0) is 85.3 Å². The first-order valence-electron chi connectivity index (χ1n) is 38.7. The molecule has 39 heteroatoms. The summed E-state index contributed by atoms with van der Waals surface area (Å²) in [6, 6.07) is 5.22. The van der Waals surface area contributed by atoms with E-state index in [1.807, 2.05) is 34.7 Å². The summed E-state index contributed by atoms with van der Waals surface area (Å²) in [5, 5.41) is 79.6. The molecule has 1 fully saturated rings. The number of rotatable bonds is 57. The third-order valence-electron chi connectivity index (χ3n) is 19.6. The predicted molar refractivity (Wildman–Crippen MR) is 433 cm³/mol. The van der Waals surface area contributed by atoms with Gasteiger partial charge >= 0.3 is 374 Å². The number of phenolic OH excluding ortho intramolecular Hbond substituents is 1. The average Bonchev–Trinajstić information content (AvgIpc) is 1.29. The summed E-state index contributed by atoms with van der Waals surface area (Å²) in [7, 11) is 3.62. The fourth-order valence-corrected chi connectivity index (χ4v) is 15.9. The second kappa shape index (κ2) is 53.4. The molecule has 14 N–H and O–H groups in total. The van der Waals surface area contributed by atoms with E-state index in [0.717, 1.165) is 83.0 Å². The van der Waals surface area contributed by atoms with E-state index in [1.165, 1.54) is 35.6 Å². The predicted octanol–water partition coefficient (Wildman–Crippen LogP) is 5.99. The molecule has 2 heterocycles. The molecule has 0 saturated carbocycles. The van der Waals surface area contributed by atoms with Crippen molar-refractivity contribution in [3.8, 4) is 5.75 Å². The van der Waals surface area contributed by atoms with Crippen molar-refractivity contribution in [2.45, 2.75) is 212 Å². The van der Waals surface area contributed by atoms with Gasteiger partial charge in [-0.05, 0) is 43.2 Å². The molecule has 0 bridgehead atoms. The van der Waals surface area contributed by atoms with Gasteiger partial charge in [0.05, 0.1) is 31.2 Å². The van der Waals surface area contributed by atoms with Crippen LogP contribution in [-0.4, -0.2) is 246 Å². The fraction of sp³-hybridized carbons (Fsp3) is 0.610. The Morgan fingerprint density at radius 2 is 1.35 bits per heavy atom. The number of carbonyl (C=O) groups excluding carboxylic acids is 10. The molecular weight excluding hydrogens is 1630 g/mol. The number of phenols is 1. The van der Waals surface area contributed by atoms with E-state index in [0.29, 0.717) is 48.4 Å². The number of carbonyl (C=O) groups is 15. The zero-order chi connectivity index (χ0) is 86.0. The zero-order valence-corrected chi connectivity index (χ0v) is 71.5. The van der Waals surface area contributed by atoms with Gasteiger partial charge in [0, 0.05) is 38.2 Å². The van der Waals surface area contributed by atoms with Crippen molar-refractivity contribution in [1.29, 1.82) is 0 Å². The molecule has 2 unspecified atom stereocenters. The second-order valence-corrected chi connectivity index (χ2v) is 32.9. The Hall–Kier alpha value is -8.94. The van der Waals surface area contributed by atoms with Gasteiger partial charge in [0.2, 0.25) is 11.8 Å². The standard InChI is InChI=1S/C77H114AsN11O24S3/c1-8-10-30-111-43-89(72(103)54(46(5)9-2)36-62(92)59-17-12-14-29-88(59)7)60(45(3)4)38-64(113-78)71-86-57(41-114-71)70(102)83-52(32-48-23-25-53(90)26-24-48)31-47(6)63(93)40-82-77(110)112-44-116-115-42-58(74(106)107)85-69(101)51(35-67(97)98)34-61(91)56(37-68(99)100)84-65(94)33-49-19-21-50(22-20-49)39-81-75(108)79-27-13-11-16-55(73(104)105)87-76(109)80-28-15-18-66(95)96/h19-26,41,45-47,51-52,54-56,58-60,64,90H,8-18,27-40,42-44,78H2,1-7H3,(H,82,110)(H,83,102)(H,84,94)(H,85,101)(H,95,96)(H,97,98)(H,99,100)(H,104,105)(H,106,107)(H2,79,81,108)(H2,80,87,109)/t46?,47-,51-,52+,54-,55+,56-,58+,59+,60+,64+/m0/s1. The number of aromatic hydroxyl groups is 1. The SMILES string of the molecule is CCCCOCN(C(=O)[C@@H](CC(=O)[C@H]1CCCCN1C)C(C)CC)[C@H](C[C@@H](O[AsH2])c1nc(C(=O)N[C@@H](Cc2ccc(O)cc2)C[C@H](C)C(=O)CNC(=O)OCSSC[C@@H](NC(=O)[C@H](CC(=O)O)CC(=O)[C@H](CC(=O)O)NC(=O)Cc2ccc(CNC(=O)NCCCC[C@@H](NC(=O)NCCCC(=O)O)C(=O)O)cc2)C(=O)O)cs1)C(C)C. The number of ketones is 3. The summed E-state index contributed by atoms with van der Waals surface area (Å²) >= 11 is 2.19. The molecule has 1 aliphatic rings. The molecule has 0 aliphatic carbocycles. The van der Waals surface area contributed by atoms with E-state index in [1.54, 1.807) is 41.5 Å². The van der Waals surface area contributed by atoms with Gasteiger partial charge in [0.1, 0.15) is 23.8 Å². The Kier molecular flexibility index (Phi) is 45.8. The summed E-state index contributed by atoms with van der Waals surface area (Å²) in [6.07, 6.45) is 1.62. The number of hydrogen-bond donors (Lipinski definition) is 14. The number of likely N-dealkylation sites (N-methyl/N-ethyl adjacent to an activating group) is 1. The van der Waals surface area contributed by atoms with Crippen molar-refractivity contribution >= 4 is 139 Å². The monoisotopic (exact) mass is 1750 g/mol. The fourth-order valence-electron chi connectivity index (χ4n) is 12.6. The summed E-state index contributed by atoms with van der Waals surface area (Å²) in [5.74, 6) is -15.2. The van der Waals surface area contributed by atoms with Crippen molar-refractivity contribution in [1.82, 2.24) is 57.3 Å². The Morgan fingerprint density at radius 1 is 0.690 bits per heavy atom. The number of amides is 9. The number of Topliss-reactive ketones (excluding diaryl/α,β-unsaturated/α-hetero) is 3.